The van der Waals surface area contributed by atoms with Crippen molar-refractivity contribution < 1.29 is 9.90 Å². The summed E-state index contributed by atoms with van der Waals surface area (Å²) < 4.78 is 2.17. The first kappa shape index (κ1) is 18.4. The minimum Gasteiger partial charge on any atom is -0.392 e. The maximum atomic E-state index is 12.9. The lowest BCUT2D eigenvalue weighted by Gasteiger charge is -2.33. The van der Waals surface area contributed by atoms with Crippen molar-refractivity contribution in [3.63, 3.8) is 0 Å². The Hall–Kier alpha value is -2.99. The molecule has 4 rings (SSSR count). The number of likely N-dealkylation sites (tertiary alicyclic amines) is 1. The minimum absolute atomic E-state index is 0.0135. The van der Waals surface area contributed by atoms with Crippen molar-refractivity contribution in [2.45, 2.75) is 31.9 Å². The third-order valence-electron chi connectivity index (χ3n) is 5.31. The Morgan fingerprint density at radius 2 is 1.86 bits per heavy atom. The number of hydrogen-bond acceptors (Lipinski definition) is 4. The summed E-state index contributed by atoms with van der Waals surface area (Å²) in [6, 6.07) is 11.2. The number of benzene rings is 1. The average molecular weight is 376 g/mol. The lowest BCUT2D eigenvalue weighted by molar-refractivity contribution is 0.0703. The highest BCUT2D eigenvalue weighted by Gasteiger charge is 2.28. The van der Waals surface area contributed by atoms with E-state index in [2.05, 4.69) is 14.5 Å². The van der Waals surface area contributed by atoms with E-state index in [1.54, 1.807) is 36.7 Å². The lowest BCUT2D eigenvalue weighted by Crippen LogP contribution is -2.39. The molecule has 1 amide bonds. The van der Waals surface area contributed by atoms with Gasteiger partial charge in [-0.05, 0) is 48.2 Å². The van der Waals surface area contributed by atoms with Crippen LogP contribution in [-0.4, -0.2) is 43.5 Å². The predicted octanol–water partition coefficient (Wildman–Crippen LogP) is 2.84. The zero-order chi connectivity index (χ0) is 19.3. The number of nitrogens with zero attached hydrogens (tertiary/aromatic N) is 4. The van der Waals surface area contributed by atoms with Gasteiger partial charge in [0.25, 0.3) is 5.91 Å². The minimum atomic E-state index is -0.0135. The number of imidazole rings is 1. The van der Waals surface area contributed by atoms with Crippen molar-refractivity contribution in [2.24, 2.45) is 0 Å². The van der Waals surface area contributed by atoms with Gasteiger partial charge in [-0.2, -0.15) is 0 Å². The van der Waals surface area contributed by atoms with E-state index in [0.29, 0.717) is 12.1 Å². The molecule has 0 saturated carbocycles. The van der Waals surface area contributed by atoms with Gasteiger partial charge < -0.3 is 14.6 Å². The van der Waals surface area contributed by atoms with Crippen LogP contribution in [0.5, 0.6) is 0 Å². The Morgan fingerprint density at radius 3 is 2.61 bits per heavy atom. The van der Waals surface area contributed by atoms with Crippen molar-refractivity contribution in [3.05, 3.63) is 83.7 Å². The fraction of sp³-hybridized carbons (Fsp3) is 0.318. The van der Waals surface area contributed by atoms with E-state index in [1.807, 2.05) is 29.4 Å². The van der Waals surface area contributed by atoms with E-state index in [9.17, 15) is 9.90 Å². The number of piperidine rings is 1. The molecule has 1 aliphatic rings. The van der Waals surface area contributed by atoms with Gasteiger partial charge in [-0.3, -0.25) is 9.78 Å². The van der Waals surface area contributed by atoms with E-state index < -0.39 is 0 Å². The molecule has 0 bridgehead atoms. The number of amides is 1. The lowest BCUT2D eigenvalue weighted by atomic mass is 9.96. The van der Waals surface area contributed by atoms with Crippen LogP contribution in [0.1, 0.15) is 46.1 Å². The molecule has 144 valence electrons. The highest BCUT2D eigenvalue weighted by atomic mass is 16.3. The Balaban J connectivity index is 1.48. The van der Waals surface area contributed by atoms with Crippen molar-refractivity contribution in [1.82, 2.24) is 19.4 Å². The van der Waals surface area contributed by atoms with E-state index in [4.69, 9.17) is 0 Å². The molecule has 0 spiro atoms. The van der Waals surface area contributed by atoms with Crippen molar-refractivity contribution in [3.8, 4) is 0 Å². The number of aromatic nitrogens is 3. The fourth-order valence-electron chi connectivity index (χ4n) is 3.81. The van der Waals surface area contributed by atoms with Crippen LogP contribution in [-0.2, 0) is 13.2 Å². The summed E-state index contributed by atoms with van der Waals surface area (Å²) in [7, 11) is 0. The quantitative estimate of drug-likeness (QED) is 0.743. The molecule has 1 aliphatic heterocycles. The summed E-state index contributed by atoms with van der Waals surface area (Å²) in [5.74, 6) is 1.30. The molecule has 3 aromatic rings. The predicted molar refractivity (Wildman–Crippen MR) is 106 cm³/mol. The van der Waals surface area contributed by atoms with Crippen LogP contribution in [0.3, 0.4) is 0 Å². The molecule has 0 aliphatic carbocycles. The van der Waals surface area contributed by atoms with Gasteiger partial charge in [0.05, 0.1) is 6.61 Å². The van der Waals surface area contributed by atoms with Crippen LogP contribution in [0.2, 0.25) is 0 Å². The molecule has 6 heteroatoms. The van der Waals surface area contributed by atoms with E-state index in [-0.39, 0.29) is 18.4 Å². The van der Waals surface area contributed by atoms with Gasteiger partial charge in [0.2, 0.25) is 0 Å². The van der Waals surface area contributed by atoms with Crippen LogP contribution < -0.4 is 0 Å². The van der Waals surface area contributed by atoms with Gasteiger partial charge >= 0.3 is 0 Å². The number of pyridine rings is 1. The Bertz CT molecular complexity index is 921. The maximum absolute atomic E-state index is 12.9. The SMILES string of the molecule is O=C(c1ccc(CO)cc1)N1CCC[C@@H](c2nccn2Cc2ccncc2)C1. The third kappa shape index (κ3) is 3.97. The smallest absolute Gasteiger partial charge is 0.253 e. The first-order chi connectivity index (χ1) is 13.7. The van der Waals surface area contributed by atoms with Crippen LogP contribution in [0.25, 0.3) is 0 Å². The second-order valence-electron chi connectivity index (χ2n) is 7.21. The highest BCUT2D eigenvalue weighted by Crippen LogP contribution is 2.27. The summed E-state index contributed by atoms with van der Waals surface area (Å²) in [4.78, 5) is 23.5. The molecular formula is C22H24N4O2. The van der Waals surface area contributed by atoms with Crippen molar-refractivity contribution in [2.75, 3.05) is 13.1 Å². The standard InChI is InChI=1S/C22H24N4O2/c27-16-18-3-5-19(6-4-18)22(28)26-12-1-2-20(15-26)21-24-11-13-25(21)14-17-7-9-23-10-8-17/h3-11,13,20,27H,1-2,12,14-16H2/t20-/m1/s1. The van der Waals surface area contributed by atoms with Gasteiger partial charge in [-0.25, -0.2) is 4.98 Å². The second-order valence-corrected chi connectivity index (χ2v) is 7.21. The highest BCUT2D eigenvalue weighted by molar-refractivity contribution is 5.94. The summed E-state index contributed by atoms with van der Waals surface area (Å²) in [6.45, 7) is 2.18. The normalized spacial score (nSPS) is 16.9. The Labute approximate surface area is 164 Å². The van der Waals surface area contributed by atoms with Gasteiger partial charge in [0.15, 0.2) is 0 Å². The number of aliphatic hydroxyl groups is 1. The second kappa shape index (κ2) is 8.35. The number of aliphatic hydroxyl groups excluding tert-OH is 1. The average Bonchev–Trinajstić information content (AvgIpc) is 3.22. The molecule has 28 heavy (non-hydrogen) atoms. The van der Waals surface area contributed by atoms with Crippen LogP contribution in [0.15, 0.2) is 61.2 Å². The molecule has 1 saturated heterocycles. The Morgan fingerprint density at radius 1 is 1.07 bits per heavy atom. The summed E-state index contributed by atoms with van der Waals surface area (Å²) >= 11 is 0. The third-order valence-corrected chi connectivity index (χ3v) is 5.31. The van der Waals surface area contributed by atoms with Crippen LogP contribution in [0, 0.1) is 0 Å². The van der Waals surface area contributed by atoms with Crippen molar-refractivity contribution >= 4 is 5.91 Å². The Kier molecular flexibility index (Phi) is 5.48. The molecular weight excluding hydrogens is 352 g/mol. The zero-order valence-electron chi connectivity index (χ0n) is 15.7. The fourth-order valence-corrected chi connectivity index (χ4v) is 3.81. The molecule has 1 aromatic carbocycles. The monoisotopic (exact) mass is 376 g/mol. The maximum Gasteiger partial charge on any atom is 0.253 e. The van der Waals surface area contributed by atoms with E-state index in [0.717, 1.165) is 37.3 Å². The first-order valence-electron chi connectivity index (χ1n) is 9.63. The molecule has 1 atom stereocenters. The largest absolute Gasteiger partial charge is 0.392 e. The summed E-state index contributed by atoms with van der Waals surface area (Å²) in [5.41, 5.74) is 2.66. The van der Waals surface area contributed by atoms with Gasteiger partial charge in [0.1, 0.15) is 5.82 Å². The molecule has 0 radical (unpaired) electrons. The number of carbonyl (C=O) groups is 1. The number of hydrogen-bond donors (Lipinski definition) is 1. The summed E-state index contributed by atoms with van der Waals surface area (Å²) in [5, 5.41) is 9.18. The zero-order valence-corrected chi connectivity index (χ0v) is 15.7. The molecule has 6 nitrogen and oxygen atoms in total. The number of rotatable bonds is 5. The topological polar surface area (TPSA) is 71.2 Å². The van der Waals surface area contributed by atoms with E-state index >= 15 is 0 Å². The molecule has 3 heterocycles. The van der Waals surface area contributed by atoms with Crippen molar-refractivity contribution in [1.29, 1.82) is 0 Å². The number of carbonyl (C=O) groups excluding carboxylic acids is 1. The van der Waals surface area contributed by atoms with Gasteiger partial charge in [-0.1, -0.05) is 12.1 Å². The van der Waals surface area contributed by atoms with Gasteiger partial charge in [0, 0.05) is 55.9 Å². The van der Waals surface area contributed by atoms with Crippen LogP contribution >= 0.6 is 0 Å². The molecule has 1 N–H and O–H groups in total. The summed E-state index contributed by atoms with van der Waals surface area (Å²) in [6.07, 6.45) is 9.44. The molecule has 0 unspecified atom stereocenters. The molecule has 2 aromatic heterocycles. The van der Waals surface area contributed by atoms with Gasteiger partial charge in [-0.15, -0.1) is 0 Å². The molecule has 1 fully saturated rings. The van der Waals surface area contributed by atoms with E-state index in [1.165, 1.54) is 5.56 Å². The van der Waals surface area contributed by atoms with Crippen LogP contribution in [0.4, 0.5) is 0 Å². The first-order valence-corrected chi connectivity index (χ1v) is 9.63.